The molecule has 0 aliphatic heterocycles. The zero-order chi connectivity index (χ0) is 24.5. The van der Waals surface area contributed by atoms with Crippen molar-refractivity contribution in [2.24, 2.45) is 0 Å². The minimum atomic E-state index is -2.89. The summed E-state index contributed by atoms with van der Waals surface area (Å²) in [5, 5.41) is 3.03. The van der Waals surface area contributed by atoms with Crippen molar-refractivity contribution in [3.05, 3.63) is 109 Å². The summed E-state index contributed by atoms with van der Waals surface area (Å²) in [6, 6.07) is 25.5. The number of pyridine rings is 3. The van der Waals surface area contributed by atoms with Crippen LogP contribution in [0.3, 0.4) is 0 Å². The highest BCUT2D eigenvalue weighted by atomic mass is 27.3. The Morgan fingerprint density at radius 1 is 0.500 bits per heavy atom. The molecule has 3 aromatic carbocycles. The third-order valence-corrected chi connectivity index (χ3v) is 7.51. The summed E-state index contributed by atoms with van der Waals surface area (Å²) in [7, 11) is 0. The van der Waals surface area contributed by atoms with Crippen molar-refractivity contribution in [3.8, 4) is 17.2 Å². The Morgan fingerprint density at radius 2 is 0.972 bits per heavy atom. The molecule has 6 aromatic rings. The second-order valence-corrected chi connectivity index (χ2v) is 9.82. The van der Waals surface area contributed by atoms with Gasteiger partial charge < -0.3 is 11.4 Å². The largest absolute Gasteiger partial charge is 1.20 e. The van der Waals surface area contributed by atoms with Gasteiger partial charge in [0.05, 0.1) is 0 Å². The van der Waals surface area contributed by atoms with Gasteiger partial charge in [-0.1, -0.05) is 42.5 Å². The Balaban J connectivity index is 1.44. The van der Waals surface area contributed by atoms with Gasteiger partial charge in [0.25, 0.3) is 0 Å². The number of hydrogen-bond acceptors (Lipinski definition) is 6. The van der Waals surface area contributed by atoms with Crippen molar-refractivity contribution in [2.45, 2.75) is 13.8 Å². The van der Waals surface area contributed by atoms with E-state index in [9.17, 15) is 0 Å². The lowest BCUT2D eigenvalue weighted by atomic mass is 10.1. The molecule has 36 heavy (non-hydrogen) atoms. The third-order valence-electron chi connectivity index (χ3n) is 6.17. The van der Waals surface area contributed by atoms with Gasteiger partial charge in [0.1, 0.15) is 33.8 Å². The maximum Gasteiger partial charge on any atom is 1.20 e. The highest BCUT2D eigenvalue weighted by molar-refractivity contribution is 6.40. The Kier molecular flexibility index (Phi) is 5.86. The summed E-state index contributed by atoms with van der Waals surface area (Å²) in [4.78, 5) is 13.7. The van der Waals surface area contributed by atoms with Crippen molar-refractivity contribution in [1.82, 2.24) is 15.0 Å². The number of fused-ring (bicyclic) bond motifs is 3. The Hall–Kier alpha value is -4.18. The number of nitrogens with zero attached hydrogens (tertiary/aromatic N) is 3. The molecule has 0 unspecified atom stereocenters. The molecule has 0 aliphatic carbocycles. The van der Waals surface area contributed by atoms with E-state index in [-0.39, 0.29) is 0 Å². The number of benzene rings is 3. The summed E-state index contributed by atoms with van der Waals surface area (Å²) in [5.74, 6) is 1.84. The molecule has 0 N–H and O–H groups in total. The maximum atomic E-state index is 6.50. The molecule has 0 saturated carbocycles. The second-order valence-electron chi connectivity index (χ2n) is 8.53. The van der Waals surface area contributed by atoms with Crippen molar-refractivity contribution < 1.29 is 11.4 Å². The molecule has 0 amide bonds. The molecule has 0 fully saturated rings. The molecule has 6 rings (SSSR count). The molecule has 0 radical (unpaired) electrons. The fraction of sp³-hybridized carbons (Fsp3) is 0.0690. The van der Waals surface area contributed by atoms with Gasteiger partial charge in [-0.2, -0.15) is 0 Å². The summed E-state index contributed by atoms with van der Waals surface area (Å²) in [5.41, 5.74) is 4.54. The minimum absolute atomic E-state index is 0.610. The van der Waals surface area contributed by atoms with Crippen LogP contribution >= 0.6 is 0 Å². The summed E-state index contributed by atoms with van der Waals surface area (Å²) in [6.07, 6.45) is 5.33. The zero-order valence-corrected chi connectivity index (χ0v) is 21.0. The highest BCUT2D eigenvalue weighted by Crippen LogP contribution is 2.31. The van der Waals surface area contributed by atoms with Crippen LogP contribution in [0, 0.1) is 13.8 Å². The molecule has 6 nitrogen and oxygen atoms in total. The zero-order valence-electron chi connectivity index (χ0n) is 19.9. The van der Waals surface area contributed by atoms with E-state index in [1.165, 1.54) is 0 Å². The minimum Gasteiger partial charge on any atom is -0.576 e. The maximum absolute atomic E-state index is 6.50. The first-order chi connectivity index (χ1) is 17.7. The van der Waals surface area contributed by atoms with Gasteiger partial charge in [-0.3, -0.25) is 15.0 Å². The Labute approximate surface area is 213 Å². The van der Waals surface area contributed by atoms with Crippen molar-refractivity contribution in [3.63, 3.8) is 0 Å². The Morgan fingerprint density at radius 3 is 1.56 bits per heavy atom. The van der Waals surface area contributed by atoms with Crippen LogP contribution in [-0.4, -0.2) is 30.1 Å². The van der Waals surface area contributed by atoms with Crippen LogP contribution in [0.15, 0.2) is 97.5 Å². The number of para-hydroxylation sites is 3. The van der Waals surface area contributed by atoms with Crippen LogP contribution in [0.25, 0.3) is 32.7 Å². The van der Waals surface area contributed by atoms with Crippen LogP contribution in [0.1, 0.15) is 11.1 Å². The molecule has 7 heteroatoms. The first-order valence-corrected chi connectivity index (χ1v) is 13.1. The van der Waals surface area contributed by atoms with E-state index >= 15 is 0 Å². The molecule has 3 aromatic heterocycles. The number of aryl methyl sites for hydroxylation is 2. The molecular weight excluding hydrogens is 465 g/mol. The number of hydrogen-bond donors (Lipinski definition) is 0. The van der Waals surface area contributed by atoms with Gasteiger partial charge in [0.2, 0.25) is 0 Å². The van der Waals surface area contributed by atoms with E-state index < -0.39 is 15.1 Å². The first-order valence-electron chi connectivity index (χ1n) is 11.7. The van der Waals surface area contributed by atoms with Crippen LogP contribution in [0.5, 0.6) is 17.2 Å². The summed E-state index contributed by atoms with van der Waals surface area (Å²) < 4.78 is 19.5. The van der Waals surface area contributed by atoms with Gasteiger partial charge in [0.15, 0.2) is 0 Å². The van der Waals surface area contributed by atoms with E-state index in [0.29, 0.717) is 17.2 Å². The van der Waals surface area contributed by atoms with E-state index in [1.54, 1.807) is 18.6 Å². The second kappa shape index (κ2) is 9.46. The average Bonchev–Trinajstić information content (AvgIpc) is 2.90. The van der Waals surface area contributed by atoms with Gasteiger partial charge >= 0.3 is 15.1 Å². The summed E-state index contributed by atoms with van der Waals surface area (Å²) in [6.45, 7) is 4.11. The predicted octanol–water partition coefficient (Wildman–Crippen LogP) is 6.47. The van der Waals surface area contributed by atoms with Crippen LogP contribution in [0.4, 0.5) is 0 Å². The predicted molar refractivity (Wildman–Crippen MR) is 142 cm³/mol. The molecule has 0 atom stereocenters. The topological polar surface area (TPSA) is 66.4 Å². The van der Waals surface area contributed by atoms with Gasteiger partial charge in [-0.15, -0.1) is 0 Å². The lowest BCUT2D eigenvalue weighted by Gasteiger charge is -2.19. The fourth-order valence-corrected chi connectivity index (χ4v) is 5.66. The first kappa shape index (κ1) is 22.3. The van der Waals surface area contributed by atoms with Crippen molar-refractivity contribution >= 4 is 47.9 Å². The molecular formula is C29H22AlN3O3. The molecule has 0 spiro atoms. The molecule has 3 heterocycles. The smallest absolute Gasteiger partial charge is 0.576 e. The van der Waals surface area contributed by atoms with Crippen LogP contribution in [-0.2, 0) is 0 Å². The van der Waals surface area contributed by atoms with E-state index in [0.717, 1.165) is 43.8 Å². The SMILES string of the molecule is Cc1ccnc2c([O][Al]([O]c3cccc4cccnc34)[O]c3cccc4c(C)ccnc34)cccc12. The third kappa shape index (κ3) is 4.20. The van der Waals surface area contributed by atoms with Crippen molar-refractivity contribution in [1.29, 1.82) is 0 Å². The Bertz CT molecular complexity index is 1630. The van der Waals surface area contributed by atoms with Gasteiger partial charge in [0, 0.05) is 34.7 Å². The molecule has 0 bridgehead atoms. The average molecular weight is 487 g/mol. The fourth-order valence-electron chi connectivity index (χ4n) is 4.32. The number of aromatic nitrogens is 3. The monoisotopic (exact) mass is 487 g/mol. The van der Waals surface area contributed by atoms with Crippen LogP contribution < -0.4 is 11.4 Å². The standard InChI is InChI=1S/2C10H9NO.C9H7NO.Al/c2*1-7-5-6-11-10-8(7)3-2-4-9(10)12;11-8-5-1-3-7-4-2-6-10-9(7)8;/h2*2-6,12H,1H3;1-6,11H;/q;;;+3/p-3. The lowest BCUT2D eigenvalue weighted by Crippen LogP contribution is -2.37. The van der Waals surface area contributed by atoms with E-state index in [1.807, 2.05) is 78.9 Å². The molecule has 0 saturated heterocycles. The normalized spacial score (nSPS) is 11.1. The highest BCUT2D eigenvalue weighted by Gasteiger charge is 2.46. The van der Waals surface area contributed by atoms with E-state index in [4.69, 9.17) is 11.4 Å². The van der Waals surface area contributed by atoms with E-state index in [2.05, 4.69) is 28.8 Å². The lowest BCUT2D eigenvalue weighted by molar-refractivity contribution is 0.311. The molecule has 174 valence electrons. The van der Waals surface area contributed by atoms with Gasteiger partial charge in [-0.25, -0.2) is 0 Å². The van der Waals surface area contributed by atoms with Gasteiger partial charge in [-0.05, 0) is 61.4 Å². The quantitative estimate of drug-likeness (QED) is 0.251. The van der Waals surface area contributed by atoms with Crippen molar-refractivity contribution in [2.75, 3.05) is 0 Å². The van der Waals surface area contributed by atoms with Crippen LogP contribution in [0.2, 0.25) is 0 Å². The molecule has 0 aliphatic rings. The number of rotatable bonds is 6. The summed E-state index contributed by atoms with van der Waals surface area (Å²) >= 11 is -2.89.